The van der Waals surface area contributed by atoms with E-state index < -0.39 is 32.5 Å². The molecule has 0 saturated carbocycles. The summed E-state index contributed by atoms with van der Waals surface area (Å²) in [6, 6.07) is 0. The van der Waals surface area contributed by atoms with Gasteiger partial charge in [0.25, 0.3) is 0 Å². The molecule has 2 atom stereocenters. The van der Waals surface area contributed by atoms with E-state index in [1.165, 1.54) is 77.0 Å². The van der Waals surface area contributed by atoms with E-state index in [9.17, 15) is 19.0 Å². The summed E-state index contributed by atoms with van der Waals surface area (Å²) in [5, 5.41) is 0. The van der Waals surface area contributed by atoms with Gasteiger partial charge in [-0.25, -0.2) is 4.57 Å². The van der Waals surface area contributed by atoms with Crippen molar-refractivity contribution in [2.24, 2.45) is 5.73 Å². The van der Waals surface area contributed by atoms with Gasteiger partial charge in [-0.15, -0.1) is 0 Å². The summed E-state index contributed by atoms with van der Waals surface area (Å²) in [4.78, 5) is 34.6. The highest BCUT2D eigenvalue weighted by atomic mass is 31.2. The SMILES string of the molecule is CCCCC/C=C/C/C=C/C/C=C/C/C=C/CCCC(=O)O[C@H](COC(=O)CCCCCCCCCCCCC)COP(=O)(O)OCCN. The first-order valence-corrected chi connectivity index (χ1v) is 20.6. The number of phosphoric ester groups is 1. The second-order valence-corrected chi connectivity index (χ2v) is 13.9. The fourth-order valence-electron chi connectivity index (χ4n) is 4.86. The Morgan fingerprint density at radius 1 is 0.612 bits per heavy atom. The molecule has 0 radical (unpaired) electrons. The van der Waals surface area contributed by atoms with E-state index in [4.69, 9.17) is 24.3 Å². The van der Waals surface area contributed by atoms with Crippen LogP contribution in [-0.4, -0.2) is 49.3 Å². The van der Waals surface area contributed by atoms with E-state index in [-0.39, 0.29) is 32.6 Å². The zero-order valence-electron chi connectivity index (χ0n) is 30.9. The van der Waals surface area contributed by atoms with Gasteiger partial charge in [-0.2, -0.15) is 0 Å². The first kappa shape index (κ1) is 47.0. The van der Waals surface area contributed by atoms with Crippen LogP contribution in [0.2, 0.25) is 0 Å². The van der Waals surface area contributed by atoms with Gasteiger partial charge in [0.05, 0.1) is 13.2 Å². The number of allylic oxidation sites excluding steroid dienone is 8. The van der Waals surface area contributed by atoms with E-state index in [0.717, 1.165) is 38.5 Å². The Hall–Kier alpha value is -2.03. The van der Waals surface area contributed by atoms with Gasteiger partial charge < -0.3 is 20.1 Å². The van der Waals surface area contributed by atoms with Gasteiger partial charge in [-0.1, -0.05) is 140 Å². The lowest BCUT2D eigenvalue weighted by molar-refractivity contribution is -0.161. The Labute approximate surface area is 298 Å². The van der Waals surface area contributed by atoms with Crippen LogP contribution in [0.15, 0.2) is 48.6 Å². The molecule has 0 aliphatic carbocycles. The highest BCUT2D eigenvalue weighted by Crippen LogP contribution is 2.43. The summed E-state index contributed by atoms with van der Waals surface area (Å²) in [7, 11) is -4.38. The number of unbranched alkanes of at least 4 members (excludes halogenated alkanes) is 14. The normalized spacial score (nSPS) is 14.0. The lowest BCUT2D eigenvalue weighted by atomic mass is 10.1. The van der Waals surface area contributed by atoms with E-state index in [1.54, 1.807) is 0 Å². The molecule has 0 aromatic rings. The molecule has 49 heavy (non-hydrogen) atoms. The molecule has 0 amide bonds. The Bertz CT molecular complexity index is 949. The Morgan fingerprint density at radius 2 is 1.08 bits per heavy atom. The number of carbonyl (C=O) groups excluding carboxylic acids is 2. The number of hydrogen-bond acceptors (Lipinski definition) is 8. The van der Waals surface area contributed by atoms with Gasteiger partial charge in [-0.3, -0.25) is 18.6 Å². The minimum atomic E-state index is -4.38. The molecule has 0 heterocycles. The van der Waals surface area contributed by atoms with Crippen molar-refractivity contribution >= 4 is 19.8 Å². The average molecular weight is 712 g/mol. The number of nitrogens with two attached hydrogens (primary N) is 1. The monoisotopic (exact) mass is 711 g/mol. The summed E-state index contributed by atoms with van der Waals surface area (Å²) in [6.07, 6.45) is 38.6. The molecular formula is C39H70NO8P. The molecule has 1 unspecified atom stereocenters. The Morgan fingerprint density at radius 3 is 1.63 bits per heavy atom. The number of carbonyl (C=O) groups is 2. The third-order valence-electron chi connectivity index (χ3n) is 7.72. The van der Waals surface area contributed by atoms with Crippen LogP contribution < -0.4 is 5.73 Å². The maximum absolute atomic E-state index is 12.5. The summed E-state index contributed by atoms with van der Waals surface area (Å²) in [6.45, 7) is 3.61. The maximum Gasteiger partial charge on any atom is 0.472 e. The average Bonchev–Trinajstić information content (AvgIpc) is 3.08. The molecule has 284 valence electrons. The van der Waals surface area contributed by atoms with Gasteiger partial charge in [0.15, 0.2) is 6.10 Å². The van der Waals surface area contributed by atoms with Crippen LogP contribution in [0.1, 0.15) is 155 Å². The summed E-state index contributed by atoms with van der Waals surface area (Å²) in [5.41, 5.74) is 5.32. The molecule has 0 aromatic carbocycles. The van der Waals surface area contributed by atoms with Gasteiger partial charge >= 0.3 is 19.8 Å². The van der Waals surface area contributed by atoms with Crippen LogP contribution in [0.5, 0.6) is 0 Å². The van der Waals surface area contributed by atoms with Crippen LogP contribution in [0, 0.1) is 0 Å². The van der Waals surface area contributed by atoms with Crippen molar-refractivity contribution < 1.29 is 37.6 Å². The molecule has 0 spiro atoms. The van der Waals surface area contributed by atoms with E-state index in [2.05, 4.69) is 56.4 Å². The Kier molecular flexibility index (Phi) is 34.3. The summed E-state index contributed by atoms with van der Waals surface area (Å²) in [5.74, 6) is -0.898. The molecule has 0 rings (SSSR count). The van der Waals surface area contributed by atoms with Crippen LogP contribution in [0.3, 0.4) is 0 Å². The molecule has 0 aliphatic heterocycles. The van der Waals surface area contributed by atoms with Crippen LogP contribution in [0.25, 0.3) is 0 Å². The highest BCUT2D eigenvalue weighted by molar-refractivity contribution is 7.47. The number of phosphoric acid groups is 1. The topological polar surface area (TPSA) is 134 Å². The lowest BCUT2D eigenvalue weighted by Crippen LogP contribution is -2.29. The van der Waals surface area contributed by atoms with Crippen molar-refractivity contribution in [3.05, 3.63) is 48.6 Å². The Balaban J connectivity index is 4.34. The molecule has 0 fully saturated rings. The van der Waals surface area contributed by atoms with Crippen molar-refractivity contribution in [3.63, 3.8) is 0 Å². The van der Waals surface area contributed by atoms with Crippen molar-refractivity contribution in [3.8, 4) is 0 Å². The fourth-order valence-corrected chi connectivity index (χ4v) is 5.63. The zero-order valence-corrected chi connectivity index (χ0v) is 31.8. The third-order valence-corrected chi connectivity index (χ3v) is 8.70. The number of rotatable bonds is 35. The molecule has 0 saturated heterocycles. The predicted octanol–water partition coefficient (Wildman–Crippen LogP) is 10.4. The minimum Gasteiger partial charge on any atom is -0.462 e. The van der Waals surface area contributed by atoms with E-state index in [1.807, 2.05) is 6.08 Å². The molecule has 9 nitrogen and oxygen atoms in total. The van der Waals surface area contributed by atoms with Crippen molar-refractivity contribution in [2.75, 3.05) is 26.4 Å². The second-order valence-electron chi connectivity index (χ2n) is 12.4. The summed E-state index contributed by atoms with van der Waals surface area (Å²) >= 11 is 0. The molecule has 3 N–H and O–H groups in total. The number of hydrogen-bond donors (Lipinski definition) is 2. The van der Waals surface area contributed by atoms with Crippen LogP contribution in [0.4, 0.5) is 0 Å². The standard InChI is InChI=1S/C39H70NO8P/c1-3-5-7-9-11-13-15-16-17-18-19-20-22-24-26-28-30-32-39(42)48-37(36-47-49(43,44)46-34-33-40)35-45-38(41)31-29-27-25-23-21-14-12-10-8-6-4-2/h11,13,16-17,19-20,24,26,37H,3-10,12,14-15,18,21-23,25,27-36,40H2,1-2H3,(H,43,44)/b13-11+,17-16+,20-19+,26-24+/t37-/m1/s1. The zero-order chi connectivity index (χ0) is 36.1. The third kappa shape index (κ3) is 35.6. The maximum atomic E-state index is 12.5. The van der Waals surface area contributed by atoms with Crippen LogP contribution in [-0.2, 0) is 32.7 Å². The molecule has 0 aromatic heterocycles. The quantitative estimate of drug-likeness (QED) is 0.0285. The highest BCUT2D eigenvalue weighted by Gasteiger charge is 2.25. The first-order valence-electron chi connectivity index (χ1n) is 19.1. The van der Waals surface area contributed by atoms with Gasteiger partial charge in [0.2, 0.25) is 0 Å². The number of ether oxygens (including phenoxy) is 2. The fraction of sp³-hybridized carbons (Fsp3) is 0.744. The molecule has 0 bridgehead atoms. The second kappa shape index (κ2) is 35.8. The molecule has 10 heteroatoms. The first-order chi connectivity index (χ1) is 23.8. The van der Waals surface area contributed by atoms with E-state index >= 15 is 0 Å². The van der Waals surface area contributed by atoms with Gasteiger partial charge in [0.1, 0.15) is 6.61 Å². The number of esters is 2. The molecule has 0 aliphatic rings. The predicted molar refractivity (Wildman–Crippen MR) is 201 cm³/mol. The van der Waals surface area contributed by atoms with Crippen LogP contribution >= 0.6 is 7.82 Å². The summed E-state index contributed by atoms with van der Waals surface area (Å²) < 4.78 is 32.6. The van der Waals surface area contributed by atoms with E-state index in [0.29, 0.717) is 12.8 Å². The molecular weight excluding hydrogens is 641 g/mol. The van der Waals surface area contributed by atoms with Crippen molar-refractivity contribution in [2.45, 2.75) is 161 Å². The van der Waals surface area contributed by atoms with Gasteiger partial charge in [0, 0.05) is 19.4 Å². The minimum absolute atomic E-state index is 0.0441. The lowest BCUT2D eigenvalue weighted by Gasteiger charge is -2.19. The van der Waals surface area contributed by atoms with Crippen molar-refractivity contribution in [1.82, 2.24) is 0 Å². The smallest absolute Gasteiger partial charge is 0.462 e. The van der Waals surface area contributed by atoms with Gasteiger partial charge in [-0.05, 0) is 51.4 Å². The van der Waals surface area contributed by atoms with Crippen molar-refractivity contribution in [1.29, 1.82) is 0 Å². The largest absolute Gasteiger partial charge is 0.472 e.